The summed E-state index contributed by atoms with van der Waals surface area (Å²) in [4.78, 5) is 15.5. The number of benzene rings is 4. The number of aromatic carboxylic acids is 1. The molecule has 1 N–H and O–H groups in total. The van der Waals surface area contributed by atoms with Crippen molar-refractivity contribution in [1.82, 2.24) is 0 Å². The van der Waals surface area contributed by atoms with Crippen LogP contribution in [0.25, 0.3) is 22.9 Å². The number of unbranched alkanes of at least 4 members (excludes halogenated alkanes) is 1. The topological polar surface area (TPSA) is 49.8 Å². The van der Waals surface area contributed by atoms with Gasteiger partial charge in [-0.05, 0) is 72.6 Å². The summed E-state index contributed by atoms with van der Waals surface area (Å²) in [5, 5.41) is 14.0. The molecule has 8 heteroatoms. The Morgan fingerprint density at radius 2 is 1.68 bits per heavy atom. The number of nitrogens with zero attached hydrogens (tertiary/aromatic N) is 1. The second kappa shape index (κ2) is 11.5. The molecule has 0 atom stereocenters. The first-order valence-electron chi connectivity index (χ1n) is 15.2. The maximum atomic E-state index is 13.0. The molecule has 0 saturated carbocycles. The minimum Gasteiger partial charge on any atom is -0.478 e. The fraction of sp³-hybridized carbons (Fsp3) is 0.306. The van der Waals surface area contributed by atoms with Crippen molar-refractivity contribution in [3.8, 4) is 11.5 Å². The highest BCUT2D eigenvalue weighted by molar-refractivity contribution is 6.53. The van der Waals surface area contributed by atoms with E-state index in [1.165, 1.54) is 11.3 Å². The van der Waals surface area contributed by atoms with Gasteiger partial charge in [0.25, 0.3) is 0 Å². The summed E-state index contributed by atoms with van der Waals surface area (Å²) < 4.78 is 7.11. The van der Waals surface area contributed by atoms with Gasteiger partial charge in [0.05, 0.1) is 25.7 Å². The molecular formula is C36H31Cl4NO3. The summed E-state index contributed by atoms with van der Waals surface area (Å²) in [5.41, 5.74) is 6.20. The molecule has 0 aromatic heterocycles. The van der Waals surface area contributed by atoms with Crippen LogP contribution in [0.5, 0.6) is 11.5 Å². The van der Waals surface area contributed by atoms with Gasteiger partial charge in [0, 0.05) is 51.8 Å². The van der Waals surface area contributed by atoms with E-state index in [9.17, 15) is 9.90 Å². The van der Waals surface area contributed by atoms with Crippen molar-refractivity contribution < 1.29 is 14.6 Å². The number of fused-ring (bicyclic) bond motifs is 5. The van der Waals surface area contributed by atoms with E-state index >= 15 is 0 Å². The number of rotatable bonds is 5. The first-order chi connectivity index (χ1) is 21.2. The van der Waals surface area contributed by atoms with Gasteiger partial charge < -0.3 is 14.7 Å². The van der Waals surface area contributed by atoms with Crippen LogP contribution in [-0.2, 0) is 19.3 Å². The van der Waals surface area contributed by atoms with Gasteiger partial charge in [0.2, 0.25) is 0 Å². The lowest BCUT2D eigenvalue weighted by Gasteiger charge is -2.36. The normalized spacial score (nSPS) is 15.4. The summed E-state index contributed by atoms with van der Waals surface area (Å²) in [6.07, 6.45) is 7.69. The molecule has 4 aromatic carbocycles. The molecule has 4 aromatic rings. The van der Waals surface area contributed by atoms with Crippen LogP contribution in [0.15, 0.2) is 30.3 Å². The molecule has 44 heavy (non-hydrogen) atoms. The Morgan fingerprint density at radius 1 is 0.955 bits per heavy atom. The molecule has 3 aliphatic heterocycles. The largest absolute Gasteiger partial charge is 0.478 e. The van der Waals surface area contributed by atoms with Crippen LogP contribution in [-0.4, -0.2) is 24.2 Å². The van der Waals surface area contributed by atoms with E-state index in [0.29, 0.717) is 11.3 Å². The van der Waals surface area contributed by atoms with Crippen LogP contribution in [0.4, 0.5) is 5.69 Å². The van der Waals surface area contributed by atoms with Crippen molar-refractivity contribution in [2.24, 2.45) is 0 Å². The van der Waals surface area contributed by atoms with E-state index in [1.54, 1.807) is 0 Å². The van der Waals surface area contributed by atoms with Gasteiger partial charge in [-0.3, -0.25) is 0 Å². The third kappa shape index (κ3) is 4.44. The van der Waals surface area contributed by atoms with Crippen molar-refractivity contribution in [2.45, 2.75) is 58.3 Å². The first kappa shape index (κ1) is 29.8. The first-order valence-corrected chi connectivity index (χ1v) is 16.7. The summed E-state index contributed by atoms with van der Waals surface area (Å²) in [7, 11) is 0. The second-order valence-electron chi connectivity index (χ2n) is 11.9. The zero-order valence-corrected chi connectivity index (χ0v) is 27.4. The van der Waals surface area contributed by atoms with E-state index in [-0.39, 0.29) is 31.2 Å². The van der Waals surface area contributed by atoms with Crippen LogP contribution >= 0.6 is 46.4 Å². The van der Waals surface area contributed by atoms with Crippen molar-refractivity contribution >= 4 is 81.0 Å². The molecule has 226 valence electrons. The predicted molar refractivity (Wildman–Crippen MR) is 182 cm³/mol. The molecule has 0 amide bonds. The average molecular weight is 667 g/mol. The zero-order valence-electron chi connectivity index (χ0n) is 24.4. The van der Waals surface area contributed by atoms with Crippen LogP contribution in [0.3, 0.4) is 0 Å². The summed E-state index contributed by atoms with van der Waals surface area (Å²) in [6, 6.07) is 10.2. The molecule has 0 unspecified atom stereocenters. The van der Waals surface area contributed by atoms with Gasteiger partial charge in [-0.25, -0.2) is 4.79 Å². The lowest BCUT2D eigenvalue weighted by atomic mass is 9.82. The number of carboxylic acid groups (broad SMARTS) is 1. The van der Waals surface area contributed by atoms with Gasteiger partial charge >= 0.3 is 5.97 Å². The van der Waals surface area contributed by atoms with Crippen LogP contribution in [0.2, 0.25) is 20.1 Å². The number of carbonyl (C=O) groups is 1. The highest BCUT2D eigenvalue weighted by atomic mass is 35.5. The maximum Gasteiger partial charge on any atom is 0.337 e. The maximum absolute atomic E-state index is 13.0. The molecule has 0 aliphatic carbocycles. The number of hydrogen-bond donors (Lipinski definition) is 1. The molecule has 3 aliphatic rings. The Labute approximate surface area is 276 Å². The van der Waals surface area contributed by atoms with Crippen LogP contribution in [0, 0.1) is 0 Å². The molecule has 0 fully saturated rings. The number of anilines is 1. The van der Waals surface area contributed by atoms with Crippen molar-refractivity contribution in [2.75, 3.05) is 18.0 Å². The Balaban J connectivity index is 1.76. The van der Waals surface area contributed by atoms with Crippen LogP contribution in [0.1, 0.15) is 77.2 Å². The van der Waals surface area contributed by atoms with E-state index in [1.807, 2.05) is 18.2 Å². The Morgan fingerprint density at radius 3 is 2.43 bits per heavy atom. The van der Waals surface area contributed by atoms with Crippen molar-refractivity contribution in [3.05, 3.63) is 94.2 Å². The third-order valence-corrected chi connectivity index (χ3v) is 11.1. The quantitative estimate of drug-likeness (QED) is 0.150. The smallest absolute Gasteiger partial charge is 0.337 e. The van der Waals surface area contributed by atoms with Crippen molar-refractivity contribution in [1.29, 1.82) is 0 Å². The molecule has 0 spiro atoms. The lowest BCUT2D eigenvalue weighted by Crippen LogP contribution is -2.32. The number of halogens is 4. The molecule has 0 radical (unpaired) electrons. The predicted octanol–water partition coefficient (Wildman–Crippen LogP) is 9.35. The third-order valence-electron chi connectivity index (χ3n) is 9.34. The van der Waals surface area contributed by atoms with Gasteiger partial charge in [-0.2, -0.15) is 0 Å². The number of ether oxygens (including phenoxy) is 1. The van der Waals surface area contributed by atoms with Gasteiger partial charge in [-0.15, -0.1) is 0 Å². The van der Waals surface area contributed by atoms with E-state index in [0.717, 1.165) is 108 Å². The lowest BCUT2D eigenvalue weighted by molar-refractivity contribution is 0.0696. The van der Waals surface area contributed by atoms with Crippen LogP contribution < -0.4 is 20.1 Å². The standard InChI is InChI=1S/C36H31Cl4NO3/c1-3-4-11-21-18(2)20-12-5-6-13-22(20)26-25(27-28(36(42)43)30(38)32(40)31(39)29(27)37)24-17-19-10-7-8-15-41-16-9-14-23(33(19)41)34(24)44-35(21)26/h5-6,12-13,17H,2-4,7-11,14-16H2,1H3,(H,42,43). The molecule has 3 heterocycles. The number of carboxylic acids is 1. The highest BCUT2D eigenvalue weighted by Gasteiger charge is 2.36. The Kier molecular flexibility index (Phi) is 7.77. The monoisotopic (exact) mass is 665 g/mol. The second-order valence-corrected chi connectivity index (χ2v) is 13.4. The molecule has 4 nitrogen and oxygen atoms in total. The summed E-state index contributed by atoms with van der Waals surface area (Å²) >= 11 is 26.9. The Bertz CT molecular complexity index is 2020. The van der Waals surface area contributed by atoms with Gasteiger partial charge in [0.1, 0.15) is 11.5 Å². The van der Waals surface area contributed by atoms with E-state index in [4.69, 9.17) is 51.1 Å². The molecular weight excluding hydrogens is 636 g/mol. The van der Waals surface area contributed by atoms with E-state index in [2.05, 4.69) is 30.5 Å². The molecule has 0 saturated heterocycles. The molecule has 7 rings (SSSR count). The van der Waals surface area contributed by atoms with Gasteiger partial charge in [-0.1, -0.05) is 90.6 Å². The average Bonchev–Trinajstić information content (AvgIpc) is 3.24. The minimum absolute atomic E-state index is 0.0204. The Hall–Kier alpha value is -2.89. The van der Waals surface area contributed by atoms with Gasteiger partial charge in [0.15, 0.2) is 0 Å². The number of hydrogen-bond acceptors (Lipinski definition) is 3. The fourth-order valence-electron chi connectivity index (χ4n) is 7.37. The minimum atomic E-state index is -1.24. The SMILES string of the molecule is C=c1c(CCCC)c2c(c3ccccc13)=C(c1c(Cl)c(Cl)c(Cl)c(Cl)c1C(=O)O)c1cc3c4c(c1O2)CCCN4CCCC3. The molecule has 0 bridgehead atoms. The van der Waals surface area contributed by atoms with E-state index < -0.39 is 5.97 Å². The summed E-state index contributed by atoms with van der Waals surface area (Å²) in [5.74, 6) is 0.209. The highest BCUT2D eigenvalue weighted by Crippen LogP contribution is 2.52. The van der Waals surface area contributed by atoms with Crippen molar-refractivity contribution in [3.63, 3.8) is 0 Å². The fourth-order valence-corrected chi connectivity index (χ4v) is 8.40. The number of aryl methyl sites for hydroxylation is 1. The summed E-state index contributed by atoms with van der Waals surface area (Å²) in [6.45, 7) is 8.72. The zero-order chi connectivity index (χ0) is 30.9.